The minimum atomic E-state index is -0.440. The molecule has 1 aromatic carbocycles. The molecule has 120 valence electrons. The highest BCUT2D eigenvalue weighted by Crippen LogP contribution is 2.23. The smallest absolute Gasteiger partial charge is 0.137 e. The van der Waals surface area contributed by atoms with Gasteiger partial charge in [-0.2, -0.15) is 0 Å². The topological polar surface area (TPSA) is 33.9 Å². The Hall–Kier alpha value is -0.580. The molecule has 4 heteroatoms. The molecule has 0 fully saturated rings. The molecule has 0 aliphatic carbocycles. The van der Waals surface area contributed by atoms with Crippen molar-refractivity contribution in [2.75, 3.05) is 26.2 Å². The van der Waals surface area contributed by atoms with Gasteiger partial charge in [-0.3, -0.25) is 0 Å². The number of rotatable bonds is 9. The number of aliphatic hydroxyl groups excluding tert-OH is 1. The van der Waals surface area contributed by atoms with E-state index in [1.54, 1.807) is 0 Å². The minimum absolute atomic E-state index is 0.336. The molecule has 0 unspecified atom stereocenters. The fourth-order valence-corrected chi connectivity index (χ4v) is 2.94. The second-order valence-corrected chi connectivity index (χ2v) is 7.40. The first kappa shape index (κ1) is 18.5. The Labute approximate surface area is 137 Å². The van der Waals surface area contributed by atoms with Crippen LogP contribution in [0.4, 0.5) is 0 Å². The molecule has 3 nitrogen and oxygen atoms in total. The van der Waals surface area contributed by atoms with Crippen LogP contribution in [0.25, 0.3) is 0 Å². The second kappa shape index (κ2) is 9.44. The van der Waals surface area contributed by atoms with Crippen LogP contribution in [0.15, 0.2) is 28.7 Å². The fourth-order valence-electron chi connectivity index (χ4n) is 2.54. The molecule has 1 atom stereocenters. The summed E-state index contributed by atoms with van der Waals surface area (Å²) in [5.41, 5.74) is 0. The Morgan fingerprint density at radius 3 is 2.14 bits per heavy atom. The maximum absolute atomic E-state index is 10.2. The van der Waals surface area contributed by atoms with E-state index in [-0.39, 0.29) is 0 Å². The molecule has 0 aliphatic rings. The summed E-state index contributed by atoms with van der Waals surface area (Å²) in [5, 5.41) is 10.2. The molecule has 0 radical (unpaired) electrons. The Bertz CT molecular complexity index is 400. The van der Waals surface area contributed by atoms with E-state index >= 15 is 0 Å². The van der Waals surface area contributed by atoms with Gasteiger partial charge in [0.2, 0.25) is 0 Å². The maximum atomic E-state index is 10.2. The van der Waals surface area contributed by atoms with E-state index in [0.29, 0.717) is 18.4 Å². The summed E-state index contributed by atoms with van der Waals surface area (Å²) in [5.74, 6) is 2.05. The lowest BCUT2D eigenvalue weighted by atomic mass is 10.1. The third kappa shape index (κ3) is 7.84. The Kier molecular flexibility index (Phi) is 8.30. The first-order chi connectivity index (χ1) is 9.88. The highest BCUT2D eigenvalue weighted by molar-refractivity contribution is 9.10. The van der Waals surface area contributed by atoms with Crippen LogP contribution in [-0.2, 0) is 0 Å². The van der Waals surface area contributed by atoms with Gasteiger partial charge in [-0.1, -0.05) is 39.8 Å². The molecular weight excluding hydrogens is 330 g/mol. The summed E-state index contributed by atoms with van der Waals surface area (Å²) in [7, 11) is 0. The molecule has 0 aromatic heterocycles. The van der Waals surface area contributed by atoms with Crippen molar-refractivity contribution in [3.05, 3.63) is 28.7 Å². The van der Waals surface area contributed by atoms with Crippen LogP contribution >= 0.6 is 15.9 Å². The molecule has 0 aliphatic heterocycles. The Morgan fingerprint density at radius 2 is 1.62 bits per heavy atom. The maximum Gasteiger partial charge on any atom is 0.137 e. The van der Waals surface area contributed by atoms with Crippen LogP contribution in [0, 0.1) is 11.8 Å². The van der Waals surface area contributed by atoms with Gasteiger partial charge in [-0.25, -0.2) is 0 Å². The molecule has 0 saturated heterocycles. The van der Waals surface area contributed by atoms with Gasteiger partial charge in [0.15, 0.2) is 0 Å². The van der Waals surface area contributed by atoms with Gasteiger partial charge >= 0.3 is 0 Å². The van der Waals surface area contributed by atoms with E-state index < -0.39 is 6.10 Å². The fraction of sp³-hybridized carbons (Fsp3) is 0.647. The average molecular weight is 359 g/mol. The molecule has 2 N–H and O–H groups in total. The molecular formula is C17H29BrNO2+. The summed E-state index contributed by atoms with van der Waals surface area (Å²) >= 11 is 3.45. The van der Waals surface area contributed by atoms with E-state index in [9.17, 15) is 5.11 Å². The average Bonchev–Trinajstić information content (AvgIpc) is 2.36. The summed E-state index contributed by atoms with van der Waals surface area (Å²) in [6, 6.07) is 7.73. The number of halogens is 1. The third-order valence-electron chi connectivity index (χ3n) is 3.19. The molecule has 0 bridgehead atoms. The van der Waals surface area contributed by atoms with Crippen LogP contribution in [0.5, 0.6) is 5.75 Å². The van der Waals surface area contributed by atoms with Crippen molar-refractivity contribution in [2.24, 2.45) is 11.8 Å². The van der Waals surface area contributed by atoms with Gasteiger partial charge in [0.1, 0.15) is 25.0 Å². The standard InChI is InChI=1S/C17H28BrNO2/c1-13(2)9-19(10-14(3)4)11-15(20)12-21-17-8-6-5-7-16(17)18/h5-8,13-15,20H,9-12H2,1-4H3/p+1/t15-/m1/s1. The quantitative estimate of drug-likeness (QED) is 0.710. The molecule has 0 saturated carbocycles. The van der Waals surface area contributed by atoms with Crippen molar-refractivity contribution in [1.29, 1.82) is 0 Å². The van der Waals surface area contributed by atoms with Crippen molar-refractivity contribution in [3.8, 4) is 5.75 Å². The van der Waals surface area contributed by atoms with Crippen molar-refractivity contribution in [3.63, 3.8) is 0 Å². The first-order valence-electron chi connectivity index (χ1n) is 7.77. The lowest BCUT2D eigenvalue weighted by Crippen LogP contribution is -3.14. The summed E-state index contributed by atoms with van der Waals surface area (Å²) in [6.45, 7) is 12.2. The van der Waals surface area contributed by atoms with Gasteiger partial charge in [0.05, 0.1) is 17.6 Å². The summed E-state index contributed by atoms with van der Waals surface area (Å²) < 4.78 is 6.62. The zero-order valence-electron chi connectivity index (χ0n) is 13.6. The minimum Gasteiger partial charge on any atom is -0.489 e. The Morgan fingerprint density at radius 1 is 1.05 bits per heavy atom. The lowest BCUT2D eigenvalue weighted by molar-refractivity contribution is -0.909. The van der Waals surface area contributed by atoms with Crippen molar-refractivity contribution in [2.45, 2.75) is 33.8 Å². The van der Waals surface area contributed by atoms with E-state index in [4.69, 9.17) is 4.74 Å². The van der Waals surface area contributed by atoms with Gasteiger partial charge in [0.25, 0.3) is 0 Å². The van der Waals surface area contributed by atoms with Crippen molar-refractivity contribution in [1.82, 2.24) is 0 Å². The largest absolute Gasteiger partial charge is 0.489 e. The van der Waals surface area contributed by atoms with Gasteiger partial charge in [0, 0.05) is 11.8 Å². The summed E-state index contributed by atoms with van der Waals surface area (Å²) in [6.07, 6.45) is -0.440. The highest BCUT2D eigenvalue weighted by Gasteiger charge is 2.18. The molecule has 21 heavy (non-hydrogen) atoms. The van der Waals surface area contributed by atoms with Gasteiger partial charge < -0.3 is 14.7 Å². The van der Waals surface area contributed by atoms with Gasteiger partial charge in [-0.15, -0.1) is 0 Å². The third-order valence-corrected chi connectivity index (χ3v) is 3.84. The van der Waals surface area contributed by atoms with Gasteiger partial charge in [-0.05, 0) is 28.1 Å². The van der Waals surface area contributed by atoms with Crippen LogP contribution in [0.1, 0.15) is 27.7 Å². The first-order valence-corrected chi connectivity index (χ1v) is 8.56. The number of nitrogens with one attached hydrogen (secondary N) is 1. The van der Waals surface area contributed by atoms with Crippen LogP contribution in [0.2, 0.25) is 0 Å². The summed E-state index contributed by atoms with van der Waals surface area (Å²) in [4.78, 5) is 1.45. The SMILES string of the molecule is CC(C)C[NH+](CC(C)C)C[C@@H](O)COc1ccccc1Br. The van der Waals surface area contributed by atoms with E-state index in [1.807, 2.05) is 24.3 Å². The van der Waals surface area contributed by atoms with Crippen molar-refractivity contribution >= 4 is 15.9 Å². The Balaban J connectivity index is 2.46. The monoisotopic (exact) mass is 358 g/mol. The van der Waals surface area contributed by atoms with Crippen LogP contribution in [-0.4, -0.2) is 37.5 Å². The molecule has 1 rings (SSSR count). The van der Waals surface area contributed by atoms with E-state index in [2.05, 4.69) is 43.6 Å². The molecule has 1 aromatic rings. The molecule has 0 amide bonds. The normalized spacial score (nSPS) is 13.2. The number of para-hydroxylation sites is 1. The lowest BCUT2D eigenvalue weighted by Gasteiger charge is -2.25. The van der Waals surface area contributed by atoms with Crippen LogP contribution in [0.3, 0.4) is 0 Å². The predicted octanol–water partition coefficient (Wildman–Crippen LogP) is 2.39. The van der Waals surface area contributed by atoms with E-state index in [0.717, 1.165) is 29.9 Å². The molecule has 0 heterocycles. The number of ether oxygens (including phenoxy) is 1. The number of quaternary nitrogens is 1. The second-order valence-electron chi connectivity index (χ2n) is 6.55. The number of hydrogen-bond acceptors (Lipinski definition) is 2. The highest BCUT2D eigenvalue weighted by atomic mass is 79.9. The van der Waals surface area contributed by atoms with Crippen molar-refractivity contribution < 1.29 is 14.7 Å². The number of aliphatic hydroxyl groups is 1. The van der Waals surface area contributed by atoms with Crippen LogP contribution < -0.4 is 9.64 Å². The molecule has 0 spiro atoms. The predicted molar refractivity (Wildman–Crippen MR) is 90.9 cm³/mol. The van der Waals surface area contributed by atoms with E-state index in [1.165, 1.54) is 4.90 Å². The number of hydrogen-bond donors (Lipinski definition) is 2. The number of benzene rings is 1. The zero-order valence-corrected chi connectivity index (χ0v) is 15.2. The zero-order chi connectivity index (χ0) is 15.8.